The Hall–Kier alpha value is -2.34. The number of nitrogens with zero attached hydrogens (tertiary/aromatic N) is 1. The molecular weight excluding hydrogens is 263 g/mol. The van der Waals surface area contributed by atoms with E-state index in [1.165, 1.54) is 25.0 Å². The second-order valence-electron chi connectivity index (χ2n) is 5.65. The molecule has 0 bridgehead atoms. The van der Waals surface area contributed by atoms with Crippen LogP contribution in [0.25, 0.3) is 0 Å². The fraction of sp³-hybridized carbons (Fsp3) is 0.278. The van der Waals surface area contributed by atoms with Gasteiger partial charge < -0.3 is 5.32 Å². The number of halogens is 1. The third-order valence-electron chi connectivity index (χ3n) is 4.00. The van der Waals surface area contributed by atoms with Gasteiger partial charge in [-0.05, 0) is 61.1 Å². The van der Waals surface area contributed by atoms with Crippen LogP contribution in [0, 0.1) is 30.0 Å². The summed E-state index contributed by atoms with van der Waals surface area (Å²) in [5.74, 6) is 0.372. The summed E-state index contributed by atoms with van der Waals surface area (Å²) in [7, 11) is 0. The van der Waals surface area contributed by atoms with Crippen LogP contribution in [0.1, 0.15) is 35.6 Å². The second-order valence-corrected chi connectivity index (χ2v) is 5.65. The second kappa shape index (κ2) is 5.57. The number of nitriles is 1. The number of aryl methyl sites for hydroxylation is 1. The Kier molecular flexibility index (Phi) is 3.62. The molecule has 1 atom stereocenters. The van der Waals surface area contributed by atoms with Gasteiger partial charge in [-0.15, -0.1) is 0 Å². The van der Waals surface area contributed by atoms with Crippen molar-refractivity contribution in [2.24, 2.45) is 5.92 Å². The minimum Gasteiger partial charge on any atom is -0.378 e. The zero-order chi connectivity index (χ0) is 14.8. The van der Waals surface area contributed by atoms with Crippen LogP contribution < -0.4 is 5.32 Å². The lowest BCUT2D eigenvalue weighted by molar-refractivity contribution is 0.622. The monoisotopic (exact) mass is 280 g/mol. The van der Waals surface area contributed by atoms with Gasteiger partial charge in [0.1, 0.15) is 5.82 Å². The Bertz CT molecular complexity index is 681. The van der Waals surface area contributed by atoms with Crippen molar-refractivity contribution >= 4 is 5.69 Å². The van der Waals surface area contributed by atoms with Crippen LogP contribution in [0.2, 0.25) is 0 Å². The van der Waals surface area contributed by atoms with Gasteiger partial charge in [-0.2, -0.15) is 5.26 Å². The van der Waals surface area contributed by atoms with Crippen LogP contribution in [-0.2, 0) is 0 Å². The van der Waals surface area contributed by atoms with Gasteiger partial charge in [0, 0.05) is 5.69 Å². The summed E-state index contributed by atoms with van der Waals surface area (Å²) in [6, 6.07) is 14.7. The highest BCUT2D eigenvalue weighted by Crippen LogP contribution is 2.43. The average Bonchev–Trinajstić information content (AvgIpc) is 3.32. The van der Waals surface area contributed by atoms with Crippen LogP contribution in [0.3, 0.4) is 0 Å². The van der Waals surface area contributed by atoms with Crippen molar-refractivity contribution in [1.82, 2.24) is 0 Å². The van der Waals surface area contributed by atoms with Gasteiger partial charge in [-0.3, -0.25) is 0 Å². The molecule has 3 heteroatoms. The molecule has 2 aromatic rings. The lowest BCUT2D eigenvalue weighted by atomic mass is 10.0. The van der Waals surface area contributed by atoms with Gasteiger partial charge in [-0.25, -0.2) is 4.39 Å². The Morgan fingerprint density at radius 1 is 1.19 bits per heavy atom. The maximum absolute atomic E-state index is 13.1. The molecule has 1 unspecified atom stereocenters. The predicted octanol–water partition coefficient (Wildman–Crippen LogP) is 4.57. The number of anilines is 1. The van der Waals surface area contributed by atoms with Gasteiger partial charge in [0.05, 0.1) is 17.7 Å². The molecule has 0 radical (unpaired) electrons. The topological polar surface area (TPSA) is 35.8 Å². The minimum absolute atomic E-state index is 0.179. The fourth-order valence-corrected chi connectivity index (χ4v) is 2.59. The van der Waals surface area contributed by atoms with E-state index in [1.807, 2.05) is 37.3 Å². The minimum atomic E-state index is -0.212. The summed E-state index contributed by atoms with van der Waals surface area (Å²) in [5, 5.41) is 12.6. The molecule has 0 aliphatic heterocycles. The van der Waals surface area contributed by atoms with Gasteiger partial charge >= 0.3 is 0 Å². The predicted molar refractivity (Wildman–Crippen MR) is 81.4 cm³/mol. The standard InChI is InChI=1S/C18H17FN2/c1-12-2-3-13(11-20)10-17(12)21-18(14-4-5-14)15-6-8-16(19)9-7-15/h2-3,6-10,14,18,21H,4-5H2,1H3. The molecule has 106 valence electrons. The fourth-order valence-electron chi connectivity index (χ4n) is 2.59. The third kappa shape index (κ3) is 3.05. The first-order valence-corrected chi connectivity index (χ1v) is 7.20. The molecule has 3 rings (SSSR count). The van der Waals surface area contributed by atoms with Crippen molar-refractivity contribution in [3.63, 3.8) is 0 Å². The van der Waals surface area contributed by atoms with E-state index in [2.05, 4.69) is 11.4 Å². The summed E-state index contributed by atoms with van der Waals surface area (Å²) in [5.41, 5.74) is 3.84. The normalized spacial score (nSPS) is 15.3. The zero-order valence-electron chi connectivity index (χ0n) is 11.9. The van der Waals surface area contributed by atoms with E-state index < -0.39 is 0 Å². The summed E-state index contributed by atoms with van der Waals surface area (Å²) in [4.78, 5) is 0. The first kappa shape index (κ1) is 13.6. The summed E-state index contributed by atoms with van der Waals surface area (Å²) < 4.78 is 13.1. The van der Waals surface area contributed by atoms with Gasteiger partial charge in [0.2, 0.25) is 0 Å². The largest absolute Gasteiger partial charge is 0.378 e. The van der Waals surface area contributed by atoms with Gasteiger partial charge in [-0.1, -0.05) is 18.2 Å². The number of hydrogen-bond donors (Lipinski definition) is 1. The van der Waals surface area contributed by atoms with Crippen LogP contribution in [-0.4, -0.2) is 0 Å². The molecule has 0 saturated heterocycles. The molecule has 0 amide bonds. The first-order valence-electron chi connectivity index (χ1n) is 7.20. The average molecular weight is 280 g/mol. The van der Waals surface area contributed by atoms with Crippen LogP contribution in [0.4, 0.5) is 10.1 Å². The Balaban J connectivity index is 1.89. The van der Waals surface area contributed by atoms with Gasteiger partial charge in [0.25, 0.3) is 0 Å². The smallest absolute Gasteiger partial charge is 0.123 e. The lowest BCUT2D eigenvalue weighted by Gasteiger charge is -2.21. The molecule has 2 nitrogen and oxygen atoms in total. The summed E-state index contributed by atoms with van der Waals surface area (Å²) >= 11 is 0. The number of benzene rings is 2. The highest BCUT2D eigenvalue weighted by molar-refractivity contribution is 5.56. The number of hydrogen-bond acceptors (Lipinski definition) is 2. The van der Waals surface area contributed by atoms with Crippen LogP contribution in [0.5, 0.6) is 0 Å². The maximum atomic E-state index is 13.1. The Morgan fingerprint density at radius 2 is 1.90 bits per heavy atom. The van der Waals surface area contributed by atoms with Crippen molar-refractivity contribution in [3.05, 3.63) is 65.0 Å². The highest BCUT2D eigenvalue weighted by Gasteiger charge is 2.32. The molecule has 1 aliphatic rings. The lowest BCUT2D eigenvalue weighted by Crippen LogP contribution is -2.13. The van der Waals surface area contributed by atoms with E-state index in [1.54, 1.807) is 0 Å². The van der Waals surface area contributed by atoms with E-state index >= 15 is 0 Å². The molecule has 0 spiro atoms. The van der Waals surface area contributed by atoms with E-state index in [4.69, 9.17) is 5.26 Å². The molecular formula is C18H17FN2. The van der Waals surface area contributed by atoms with Crippen molar-refractivity contribution in [3.8, 4) is 6.07 Å². The van der Waals surface area contributed by atoms with E-state index in [0.717, 1.165) is 16.8 Å². The molecule has 1 N–H and O–H groups in total. The highest BCUT2D eigenvalue weighted by atomic mass is 19.1. The molecule has 1 saturated carbocycles. The number of rotatable bonds is 4. The molecule has 1 aliphatic carbocycles. The van der Waals surface area contributed by atoms with Crippen molar-refractivity contribution in [2.75, 3.05) is 5.32 Å². The molecule has 21 heavy (non-hydrogen) atoms. The zero-order valence-corrected chi connectivity index (χ0v) is 11.9. The van der Waals surface area contributed by atoms with Crippen molar-refractivity contribution < 1.29 is 4.39 Å². The van der Waals surface area contributed by atoms with Crippen molar-refractivity contribution in [2.45, 2.75) is 25.8 Å². The summed E-state index contributed by atoms with van der Waals surface area (Å²) in [6.45, 7) is 2.03. The Labute approximate surface area is 124 Å². The molecule has 2 aromatic carbocycles. The van der Waals surface area contributed by atoms with Crippen LogP contribution in [0.15, 0.2) is 42.5 Å². The van der Waals surface area contributed by atoms with E-state index in [0.29, 0.717) is 11.5 Å². The molecule has 1 fully saturated rings. The molecule has 0 aromatic heterocycles. The Morgan fingerprint density at radius 3 is 2.52 bits per heavy atom. The van der Waals surface area contributed by atoms with E-state index in [-0.39, 0.29) is 11.9 Å². The SMILES string of the molecule is Cc1ccc(C#N)cc1NC(c1ccc(F)cc1)C1CC1. The van der Waals surface area contributed by atoms with E-state index in [9.17, 15) is 4.39 Å². The van der Waals surface area contributed by atoms with Crippen molar-refractivity contribution in [1.29, 1.82) is 5.26 Å². The van der Waals surface area contributed by atoms with Gasteiger partial charge in [0.15, 0.2) is 0 Å². The maximum Gasteiger partial charge on any atom is 0.123 e. The quantitative estimate of drug-likeness (QED) is 0.890. The number of nitrogens with one attached hydrogen (secondary N) is 1. The first-order chi connectivity index (χ1) is 10.2. The summed E-state index contributed by atoms with van der Waals surface area (Å²) in [6.07, 6.45) is 2.37. The van der Waals surface area contributed by atoms with Crippen LogP contribution >= 0.6 is 0 Å². The third-order valence-corrected chi connectivity index (χ3v) is 4.00. The molecule has 0 heterocycles.